The quantitative estimate of drug-likeness (QED) is 0.495. The smallest absolute Gasteiger partial charge is 0.243 e. The second-order valence-corrected chi connectivity index (χ2v) is 10.1. The first kappa shape index (κ1) is 23.3. The third kappa shape index (κ3) is 5.38. The van der Waals surface area contributed by atoms with E-state index in [0.717, 1.165) is 16.7 Å². The molecule has 11 heteroatoms. The monoisotopic (exact) mass is 487 g/mol. The van der Waals surface area contributed by atoms with Crippen LogP contribution in [0.4, 0.5) is 0 Å². The van der Waals surface area contributed by atoms with E-state index in [0.29, 0.717) is 36.9 Å². The van der Waals surface area contributed by atoms with Gasteiger partial charge in [-0.25, -0.2) is 8.42 Å². The molecule has 0 unspecified atom stereocenters. The summed E-state index contributed by atoms with van der Waals surface area (Å²) < 4.78 is 34.1. The highest BCUT2D eigenvalue weighted by atomic mass is 32.2. The Bertz CT molecular complexity index is 1290. The van der Waals surface area contributed by atoms with E-state index >= 15 is 0 Å². The highest BCUT2D eigenvalue weighted by Crippen LogP contribution is 2.19. The molecular formula is C22H25N5O4S2. The Morgan fingerprint density at radius 3 is 2.61 bits per heavy atom. The molecule has 0 bridgehead atoms. The van der Waals surface area contributed by atoms with Gasteiger partial charge in [0, 0.05) is 25.2 Å². The summed E-state index contributed by atoms with van der Waals surface area (Å²) in [5.74, 6) is 0.364. The minimum absolute atomic E-state index is 0.0160. The van der Waals surface area contributed by atoms with Crippen LogP contribution >= 0.6 is 12.2 Å². The molecule has 1 aliphatic rings. The van der Waals surface area contributed by atoms with Crippen LogP contribution in [0.5, 0.6) is 0 Å². The Morgan fingerprint density at radius 2 is 1.91 bits per heavy atom. The van der Waals surface area contributed by atoms with E-state index in [1.807, 2.05) is 31.2 Å². The lowest BCUT2D eigenvalue weighted by Gasteiger charge is -2.26. The summed E-state index contributed by atoms with van der Waals surface area (Å²) in [6.45, 7) is 3.76. The van der Waals surface area contributed by atoms with Gasteiger partial charge in [-0.1, -0.05) is 35.9 Å². The van der Waals surface area contributed by atoms with Gasteiger partial charge in [0.2, 0.25) is 15.9 Å². The van der Waals surface area contributed by atoms with Crippen molar-refractivity contribution < 1.29 is 17.9 Å². The predicted octanol–water partition coefficient (Wildman–Crippen LogP) is 2.25. The van der Waals surface area contributed by atoms with Crippen molar-refractivity contribution >= 4 is 28.1 Å². The zero-order valence-corrected chi connectivity index (χ0v) is 19.8. The number of benzene rings is 2. The lowest BCUT2D eigenvalue weighted by atomic mass is 10.1. The maximum atomic E-state index is 12.7. The molecule has 0 aliphatic carbocycles. The third-order valence-corrected chi connectivity index (χ3v) is 7.58. The third-order valence-electron chi connectivity index (χ3n) is 5.36. The van der Waals surface area contributed by atoms with Crippen molar-refractivity contribution in [3.05, 3.63) is 64.4 Å². The summed E-state index contributed by atoms with van der Waals surface area (Å²) in [5.41, 5.74) is 2.74. The highest BCUT2D eigenvalue weighted by molar-refractivity contribution is 7.89. The van der Waals surface area contributed by atoms with Crippen molar-refractivity contribution in [2.45, 2.75) is 24.9 Å². The summed E-state index contributed by atoms with van der Waals surface area (Å²) in [4.78, 5) is 12.8. The normalized spacial score (nSPS) is 14.8. The first-order chi connectivity index (χ1) is 15.8. The molecule has 0 atom stereocenters. The molecule has 1 amide bonds. The zero-order chi connectivity index (χ0) is 23.4. The maximum Gasteiger partial charge on any atom is 0.243 e. The number of ether oxygens (including phenoxy) is 1. The molecule has 2 heterocycles. The van der Waals surface area contributed by atoms with Crippen molar-refractivity contribution in [2.75, 3.05) is 26.3 Å². The number of nitrogens with one attached hydrogen (secondary N) is 2. The van der Waals surface area contributed by atoms with Crippen molar-refractivity contribution in [1.29, 1.82) is 0 Å². The molecule has 1 aliphatic heterocycles. The van der Waals surface area contributed by atoms with Crippen LogP contribution in [0.15, 0.2) is 53.4 Å². The minimum atomic E-state index is -3.54. The first-order valence-electron chi connectivity index (χ1n) is 10.5. The van der Waals surface area contributed by atoms with Crippen LogP contribution in [0, 0.1) is 11.7 Å². The summed E-state index contributed by atoms with van der Waals surface area (Å²) >= 11 is 5.30. The number of carbonyl (C=O) groups is 1. The van der Waals surface area contributed by atoms with Crippen LogP contribution in [0.2, 0.25) is 0 Å². The number of aromatic amines is 1. The maximum absolute atomic E-state index is 12.7. The number of rotatable bonds is 7. The molecule has 1 aromatic heterocycles. The van der Waals surface area contributed by atoms with Gasteiger partial charge < -0.3 is 10.1 Å². The molecule has 2 aromatic carbocycles. The van der Waals surface area contributed by atoms with Crippen LogP contribution in [0.1, 0.15) is 11.1 Å². The van der Waals surface area contributed by atoms with E-state index in [1.54, 1.807) is 28.8 Å². The number of hydrogen-bond donors (Lipinski definition) is 2. The van der Waals surface area contributed by atoms with Gasteiger partial charge in [-0.2, -0.15) is 9.40 Å². The van der Waals surface area contributed by atoms with Gasteiger partial charge in [0.25, 0.3) is 0 Å². The van der Waals surface area contributed by atoms with Crippen molar-refractivity contribution in [2.24, 2.45) is 0 Å². The lowest BCUT2D eigenvalue weighted by molar-refractivity contribution is -0.121. The minimum Gasteiger partial charge on any atom is -0.379 e. The van der Waals surface area contributed by atoms with E-state index in [4.69, 9.17) is 17.0 Å². The van der Waals surface area contributed by atoms with Crippen LogP contribution in [0.3, 0.4) is 0 Å². The second-order valence-electron chi connectivity index (χ2n) is 7.75. The number of amides is 1. The molecular weight excluding hydrogens is 462 g/mol. The Labute approximate surface area is 197 Å². The van der Waals surface area contributed by atoms with E-state index in [1.165, 1.54) is 4.31 Å². The first-order valence-corrected chi connectivity index (χ1v) is 12.4. The fraction of sp³-hybridized carbons (Fsp3) is 0.318. The Balaban J connectivity index is 1.39. The number of hydrogen-bond acceptors (Lipinski definition) is 6. The van der Waals surface area contributed by atoms with Crippen LogP contribution < -0.4 is 5.32 Å². The summed E-state index contributed by atoms with van der Waals surface area (Å²) in [6.07, 6.45) is 0. The standard InChI is InChI=1S/C22H25N5O4S2/c1-16-3-2-4-18(13-16)21-24-25-22(32)27(21)15-20(28)23-14-17-5-7-19(8-6-17)33(29,30)26-9-11-31-12-10-26/h2-8,13H,9-12,14-15H2,1H3,(H,23,28)(H,25,32). The van der Waals surface area contributed by atoms with Gasteiger partial charge in [-0.05, 0) is 42.9 Å². The van der Waals surface area contributed by atoms with Crippen molar-refractivity contribution in [3.8, 4) is 11.4 Å². The molecule has 1 saturated heterocycles. The molecule has 4 rings (SSSR count). The fourth-order valence-electron chi connectivity index (χ4n) is 3.58. The van der Waals surface area contributed by atoms with Gasteiger partial charge in [-0.3, -0.25) is 14.5 Å². The summed E-state index contributed by atoms with van der Waals surface area (Å²) in [6, 6.07) is 14.3. The second kappa shape index (κ2) is 9.96. The number of nitrogens with zero attached hydrogens (tertiary/aromatic N) is 3. The summed E-state index contributed by atoms with van der Waals surface area (Å²) in [5, 5.41) is 9.87. The van der Waals surface area contributed by atoms with Gasteiger partial charge in [0.1, 0.15) is 6.54 Å². The topological polar surface area (TPSA) is 109 Å². The van der Waals surface area contributed by atoms with Gasteiger partial charge in [0.05, 0.1) is 18.1 Å². The Morgan fingerprint density at radius 1 is 1.18 bits per heavy atom. The predicted molar refractivity (Wildman–Crippen MR) is 125 cm³/mol. The molecule has 0 saturated carbocycles. The number of sulfonamides is 1. The number of carbonyl (C=O) groups excluding carboxylic acids is 1. The van der Waals surface area contributed by atoms with E-state index in [-0.39, 0.29) is 23.9 Å². The largest absolute Gasteiger partial charge is 0.379 e. The molecule has 0 radical (unpaired) electrons. The fourth-order valence-corrected chi connectivity index (χ4v) is 5.19. The molecule has 9 nitrogen and oxygen atoms in total. The van der Waals surface area contributed by atoms with Gasteiger partial charge in [0.15, 0.2) is 10.6 Å². The Kier molecular flexibility index (Phi) is 7.03. The molecule has 1 fully saturated rings. The average Bonchev–Trinajstić information content (AvgIpc) is 3.18. The van der Waals surface area contributed by atoms with Crippen molar-refractivity contribution in [1.82, 2.24) is 24.4 Å². The number of H-pyrrole nitrogens is 1. The van der Waals surface area contributed by atoms with Crippen LogP contribution in [-0.2, 0) is 32.6 Å². The van der Waals surface area contributed by atoms with Crippen LogP contribution in [-0.4, -0.2) is 59.7 Å². The SMILES string of the molecule is Cc1cccc(-c2n[nH]c(=S)n2CC(=O)NCc2ccc(S(=O)(=O)N3CCOCC3)cc2)c1. The highest BCUT2D eigenvalue weighted by Gasteiger charge is 2.26. The van der Waals surface area contributed by atoms with Crippen LogP contribution in [0.25, 0.3) is 11.4 Å². The number of aryl methyl sites for hydroxylation is 1. The molecule has 174 valence electrons. The lowest BCUT2D eigenvalue weighted by Crippen LogP contribution is -2.40. The average molecular weight is 488 g/mol. The number of aromatic nitrogens is 3. The van der Waals surface area contributed by atoms with E-state index < -0.39 is 10.0 Å². The van der Waals surface area contributed by atoms with Gasteiger partial charge >= 0.3 is 0 Å². The molecule has 3 aromatic rings. The Hall–Kier alpha value is -2.86. The summed E-state index contributed by atoms with van der Waals surface area (Å²) in [7, 11) is -3.54. The molecule has 2 N–H and O–H groups in total. The zero-order valence-electron chi connectivity index (χ0n) is 18.2. The van der Waals surface area contributed by atoms with Gasteiger partial charge in [-0.15, -0.1) is 0 Å². The van der Waals surface area contributed by atoms with E-state index in [9.17, 15) is 13.2 Å². The van der Waals surface area contributed by atoms with Crippen molar-refractivity contribution in [3.63, 3.8) is 0 Å². The molecule has 33 heavy (non-hydrogen) atoms. The molecule has 0 spiro atoms. The number of morpholine rings is 1. The van der Waals surface area contributed by atoms with E-state index in [2.05, 4.69) is 15.5 Å².